The molecule has 2 saturated heterocycles. The first-order chi connectivity index (χ1) is 16.8. The van der Waals surface area contributed by atoms with E-state index in [0.717, 1.165) is 24.4 Å². The first-order valence-corrected chi connectivity index (χ1v) is 13.5. The minimum Gasteiger partial charge on any atom is -0.381 e. The third-order valence-corrected chi connectivity index (χ3v) is 9.36. The number of alkyl halides is 2. The van der Waals surface area contributed by atoms with Crippen molar-refractivity contribution in [2.75, 3.05) is 31.2 Å². The van der Waals surface area contributed by atoms with Crippen LogP contribution in [0.4, 0.5) is 14.5 Å². The lowest BCUT2D eigenvalue weighted by atomic mass is 9.88. The highest BCUT2D eigenvalue weighted by Gasteiger charge is 2.47. The number of sulfonamides is 1. The van der Waals surface area contributed by atoms with Crippen LogP contribution in [0.5, 0.6) is 0 Å². The number of hydrogen-bond acceptors (Lipinski definition) is 9. The van der Waals surface area contributed by atoms with Gasteiger partial charge in [0, 0.05) is 31.8 Å². The second-order valence-corrected chi connectivity index (χ2v) is 11.9. The van der Waals surface area contributed by atoms with Gasteiger partial charge in [-0.3, -0.25) is 4.40 Å². The highest BCUT2D eigenvalue weighted by molar-refractivity contribution is 7.89. The molecule has 0 bridgehead atoms. The Bertz CT molecular complexity index is 1440. The highest BCUT2D eigenvalue weighted by atomic mass is 32.2. The third-order valence-electron chi connectivity index (χ3n) is 6.91. The van der Waals surface area contributed by atoms with Gasteiger partial charge in [-0.05, 0) is 31.2 Å². The molecule has 0 amide bonds. The number of nitriles is 1. The van der Waals surface area contributed by atoms with E-state index in [0.29, 0.717) is 61.4 Å². The molecular formula is C21H21F2N7O3S2. The number of fused-ring (bicyclic) bond motifs is 2. The number of halogens is 2. The van der Waals surface area contributed by atoms with Crippen LogP contribution in [0.1, 0.15) is 30.7 Å². The Morgan fingerprint density at radius 1 is 1.29 bits per heavy atom. The number of nitrogens with zero attached hydrogens (tertiary/aromatic N) is 6. The lowest BCUT2D eigenvalue weighted by Gasteiger charge is -2.35. The SMILES string of the molecule is N#CC1(NS(=O)(=O)c2cc(N3CC[C@@H]4COC[C@@H]4C3)c3ncc(-c4nnc(C(F)F)s4)n3c2)CC1. The molecule has 3 aromatic rings. The van der Waals surface area contributed by atoms with E-state index in [-0.39, 0.29) is 9.90 Å². The number of ether oxygens (including phenoxy) is 1. The van der Waals surface area contributed by atoms with Gasteiger partial charge in [-0.25, -0.2) is 22.2 Å². The largest absolute Gasteiger partial charge is 0.381 e. The van der Waals surface area contributed by atoms with Crippen molar-refractivity contribution >= 4 is 32.7 Å². The van der Waals surface area contributed by atoms with E-state index in [1.54, 1.807) is 10.5 Å². The molecular weight excluding hydrogens is 500 g/mol. The van der Waals surface area contributed by atoms with Crippen LogP contribution in [0.15, 0.2) is 23.4 Å². The van der Waals surface area contributed by atoms with Gasteiger partial charge in [0.25, 0.3) is 6.43 Å². The lowest BCUT2D eigenvalue weighted by molar-refractivity contribution is 0.150. The van der Waals surface area contributed by atoms with Crippen molar-refractivity contribution in [3.8, 4) is 16.8 Å². The Labute approximate surface area is 203 Å². The highest BCUT2D eigenvalue weighted by Crippen LogP contribution is 2.39. The molecule has 10 nitrogen and oxygen atoms in total. The average molecular weight is 522 g/mol. The van der Waals surface area contributed by atoms with Crippen LogP contribution in [0.3, 0.4) is 0 Å². The summed E-state index contributed by atoms with van der Waals surface area (Å²) in [4.78, 5) is 6.57. The average Bonchev–Trinajstić information content (AvgIpc) is 3.24. The number of rotatable bonds is 6. The van der Waals surface area contributed by atoms with Crippen molar-refractivity contribution in [1.29, 1.82) is 5.26 Å². The first kappa shape index (κ1) is 22.7. The van der Waals surface area contributed by atoms with Gasteiger partial charge in [-0.2, -0.15) is 9.98 Å². The van der Waals surface area contributed by atoms with Gasteiger partial charge in [-0.1, -0.05) is 11.3 Å². The van der Waals surface area contributed by atoms with E-state index in [1.807, 2.05) is 6.07 Å². The molecule has 3 aliphatic rings. The van der Waals surface area contributed by atoms with Gasteiger partial charge in [0.05, 0.1) is 24.6 Å². The number of piperidine rings is 1. The zero-order valence-electron chi connectivity index (χ0n) is 18.4. The Hall–Kier alpha value is -2.73. The minimum atomic E-state index is -4.05. The molecule has 1 aliphatic carbocycles. The van der Waals surface area contributed by atoms with E-state index in [9.17, 15) is 22.5 Å². The molecule has 2 atom stereocenters. The van der Waals surface area contributed by atoms with Crippen molar-refractivity contribution < 1.29 is 21.9 Å². The van der Waals surface area contributed by atoms with Crippen LogP contribution in [0.25, 0.3) is 16.3 Å². The van der Waals surface area contributed by atoms with Crippen molar-refractivity contribution in [2.24, 2.45) is 11.8 Å². The smallest absolute Gasteiger partial charge is 0.291 e. The Morgan fingerprint density at radius 3 is 2.80 bits per heavy atom. The maximum atomic E-state index is 13.3. The summed E-state index contributed by atoms with van der Waals surface area (Å²) in [5.74, 6) is 0.812. The molecule has 6 rings (SSSR count). The Morgan fingerprint density at radius 2 is 2.09 bits per heavy atom. The molecule has 0 unspecified atom stereocenters. The minimum absolute atomic E-state index is 0.0378. The number of nitrogens with one attached hydrogen (secondary N) is 1. The van der Waals surface area contributed by atoms with Crippen LogP contribution in [-0.4, -0.2) is 59.8 Å². The maximum absolute atomic E-state index is 13.3. The normalized spacial score (nSPS) is 23.5. The van der Waals surface area contributed by atoms with E-state index >= 15 is 0 Å². The standard InChI is InChI=1S/C21H21F2N7O3S2/c22-17(23)20-27-26-19(34-20)16-6-25-18-15(29-4-1-12-9-33-10-13(12)7-29)5-14(8-30(16)18)35(31,32)28-21(11-24)2-3-21/h5-6,8,12-13,17,28H,1-4,7,9-10H2/t12-,13+/m1/s1. The number of aromatic nitrogens is 4. The topological polar surface area (TPSA) is 126 Å². The van der Waals surface area contributed by atoms with Crippen LogP contribution in [-0.2, 0) is 14.8 Å². The van der Waals surface area contributed by atoms with Crippen LogP contribution in [0, 0.1) is 23.2 Å². The number of hydrogen-bond donors (Lipinski definition) is 1. The van der Waals surface area contributed by atoms with E-state index in [2.05, 4.69) is 24.8 Å². The number of pyridine rings is 1. The second kappa shape index (κ2) is 8.16. The van der Waals surface area contributed by atoms with Gasteiger partial charge >= 0.3 is 0 Å². The lowest BCUT2D eigenvalue weighted by Crippen LogP contribution is -2.40. The molecule has 184 valence electrons. The van der Waals surface area contributed by atoms with Crippen molar-refractivity contribution in [3.63, 3.8) is 0 Å². The molecule has 0 aromatic carbocycles. The molecule has 0 spiro atoms. The summed E-state index contributed by atoms with van der Waals surface area (Å²) in [6.45, 7) is 2.79. The van der Waals surface area contributed by atoms with E-state index in [4.69, 9.17) is 4.74 Å². The van der Waals surface area contributed by atoms with Gasteiger partial charge < -0.3 is 9.64 Å². The maximum Gasteiger partial charge on any atom is 0.291 e. The number of anilines is 1. The zero-order chi connectivity index (χ0) is 24.4. The van der Waals surface area contributed by atoms with Crippen molar-refractivity contribution in [2.45, 2.75) is 36.1 Å². The van der Waals surface area contributed by atoms with Gasteiger partial charge in [0.1, 0.15) is 16.1 Å². The molecule has 5 heterocycles. The van der Waals surface area contributed by atoms with E-state index < -0.39 is 27.0 Å². The Kier molecular flexibility index (Phi) is 5.29. The van der Waals surface area contributed by atoms with Crippen LogP contribution < -0.4 is 9.62 Å². The fourth-order valence-corrected chi connectivity index (χ4v) is 6.86. The Balaban J connectivity index is 1.47. The predicted molar refractivity (Wildman–Crippen MR) is 122 cm³/mol. The molecule has 35 heavy (non-hydrogen) atoms. The zero-order valence-corrected chi connectivity index (χ0v) is 20.0. The third kappa shape index (κ3) is 3.96. The molecule has 14 heteroatoms. The predicted octanol–water partition coefficient (Wildman–Crippen LogP) is 2.60. The van der Waals surface area contributed by atoms with Crippen molar-refractivity contribution in [3.05, 3.63) is 23.5 Å². The summed E-state index contributed by atoms with van der Waals surface area (Å²) in [6.07, 6.45) is 1.93. The number of imidazole rings is 1. The van der Waals surface area contributed by atoms with Crippen molar-refractivity contribution in [1.82, 2.24) is 24.3 Å². The molecule has 3 aromatic heterocycles. The first-order valence-electron chi connectivity index (χ1n) is 11.2. The second-order valence-electron chi connectivity index (χ2n) is 9.24. The molecule has 1 N–H and O–H groups in total. The summed E-state index contributed by atoms with van der Waals surface area (Å²) in [5, 5.41) is 16.6. The quantitative estimate of drug-likeness (QED) is 0.525. The van der Waals surface area contributed by atoms with Crippen LogP contribution >= 0.6 is 11.3 Å². The van der Waals surface area contributed by atoms with E-state index in [1.165, 1.54) is 12.4 Å². The van der Waals surface area contributed by atoms with Gasteiger partial charge in [0.15, 0.2) is 15.7 Å². The monoisotopic (exact) mass is 521 g/mol. The molecule has 2 aliphatic heterocycles. The fraction of sp³-hybridized carbons (Fsp3) is 0.524. The summed E-state index contributed by atoms with van der Waals surface area (Å²) < 4.78 is 62.6. The molecule has 0 radical (unpaired) electrons. The summed E-state index contributed by atoms with van der Waals surface area (Å²) >= 11 is 0.733. The van der Waals surface area contributed by atoms with Crippen LogP contribution in [0.2, 0.25) is 0 Å². The molecule has 3 fully saturated rings. The van der Waals surface area contributed by atoms with Gasteiger partial charge in [0.2, 0.25) is 10.0 Å². The van der Waals surface area contributed by atoms with Gasteiger partial charge in [-0.15, -0.1) is 10.2 Å². The summed E-state index contributed by atoms with van der Waals surface area (Å²) in [7, 11) is -4.05. The molecule has 1 saturated carbocycles. The summed E-state index contributed by atoms with van der Waals surface area (Å²) in [6, 6.07) is 3.61. The summed E-state index contributed by atoms with van der Waals surface area (Å²) in [5.41, 5.74) is 0.385. The fourth-order valence-electron chi connectivity index (χ4n) is 4.77.